The molecular formula is C27H27N7O2. The minimum absolute atomic E-state index is 0.0867. The molecule has 0 saturated carbocycles. The molecule has 0 bridgehead atoms. The number of nitrogens with two attached hydrogens (primary N) is 1. The second-order valence-corrected chi connectivity index (χ2v) is 9.22. The van der Waals surface area contributed by atoms with Gasteiger partial charge in [0.05, 0.1) is 16.8 Å². The highest BCUT2D eigenvalue weighted by atomic mass is 16.2. The van der Waals surface area contributed by atoms with Crippen molar-refractivity contribution in [3.63, 3.8) is 0 Å². The lowest BCUT2D eigenvalue weighted by atomic mass is 10.1. The quantitative estimate of drug-likeness (QED) is 0.401. The van der Waals surface area contributed by atoms with Crippen LogP contribution < -0.4 is 26.7 Å². The smallest absolute Gasteiger partial charge is 0.254 e. The second-order valence-electron chi connectivity index (χ2n) is 9.22. The summed E-state index contributed by atoms with van der Waals surface area (Å²) in [4.78, 5) is 36.6. The van der Waals surface area contributed by atoms with Crippen molar-refractivity contribution in [2.24, 2.45) is 5.73 Å². The van der Waals surface area contributed by atoms with E-state index in [2.05, 4.69) is 38.7 Å². The zero-order chi connectivity index (χ0) is 24.6. The van der Waals surface area contributed by atoms with Crippen molar-refractivity contribution in [1.82, 2.24) is 19.9 Å². The van der Waals surface area contributed by atoms with Gasteiger partial charge in [-0.2, -0.15) is 4.98 Å². The normalized spacial score (nSPS) is 15.2. The number of anilines is 3. The number of pyridine rings is 1. The molecule has 9 heteroatoms. The lowest BCUT2D eigenvalue weighted by Gasteiger charge is -2.31. The Morgan fingerprint density at radius 2 is 1.86 bits per heavy atom. The number of hydrogen-bond acceptors (Lipinski definition) is 7. The van der Waals surface area contributed by atoms with Gasteiger partial charge in [-0.25, -0.2) is 4.98 Å². The number of nitrogens with zero attached hydrogens (tertiary/aromatic N) is 4. The average molecular weight is 482 g/mol. The van der Waals surface area contributed by atoms with E-state index in [0.29, 0.717) is 11.6 Å². The number of para-hydroxylation sites is 2. The van der Waals surface area contributed by atoms with Gasteiger partial charge in [0, 0.05) is 44.3 Å². The Morgan fingerprint density at radius 3 is 2.69 bits per heavy atom. The van der Waals surface area contributed by atoms with Gasteiger partial charge < -0.3 is 25.8 Å². The number of fused-ring (bicyclic) bond motifs is 2. The van der Waals surface area contributed by atoms with Crippen molar-refractivity contribution in [3.05, 3.63) is 81.8 Å². The first-order chi connectivity index (χ1) is 17.6. The molecule has 9 nitrogen and oxygen atoms in total. The maximum Gasteiger partial charge on any atom is 0.254 e. The molecule has 0 unspecified atom stereocenters. The fourth-order valence-corrected chi connectivity index (χ4v) is 5.13. The van der Waals surface area contributed by atoms with Crippen molar-refractivity contribution in [2.45, 2.75) is 19.3 Å². The van der Waals surface area contributed by atoms with Crippen molar-refractivity contribution in [2.75, 3.05) is 36.4 Å². The molecule has 182 valence electrons. The van der Waals surface area contributed by atoms with Gasteiger partial charge in [0.2, 0.25) is 11.4 Å². The number of nitrogens with one attached hydrogen (secondary N) is 2. The lowest BCUT2D eigenvalue weighted by molar-refractivity contribution is 0.0999. The zero-order valence-corrected chi connectivity index (χ0v) is 19.8. The van der Waals surface area contributed by atoms with E-state index in [9.17, 15) is 9.59 Å². The van der Waals surface area contributed by atoms with E-state index in [1.54, 1.807) is 4.57 Å². The highest BCUT2D eigenvalue weighted by molar-refractivity contribution is 5.96. The number of hydrogen-bond donors (Lipinski definition) is 3. The molecule has 1 amide bonds. The summed E-state index contributed by atoms with van der Waals surface area (Å²) in [5.41, 5.74) is 10.8. The number of primary amides is 1. The summed E-state index contributed by atoms with van der Waals surface area (Å²) in [6, 6.07) is 14.3. The van der Waals surface area contributed by atoms with Gasteiger partial charge in [-0.05, 0) is 54.7 Å². The van der Waals surface area contributed by atoms with E-state index in [1.165, 1.54) is 23.5 Å². The standard InChI is InChI=1S/C27H27N7O2/c28-25(36)21-16-34(19-9-8-17-4-3-5-18(17)14-19)26-20(24(21)35)15-30-27(32-26)31-22-6-1-2-7-23(22)33-12-10-29-11-13-33/h1-2,6-9,14-16,29H,3-5,10-13H2,(H2,28,36)(H,30,31,32). The molecule has 1 aliphatic carbocycles. The van der Waals surface area contributed by atoms with Crippen LogP contribution in [0.15, 0.2) is 59.7 Å². The first-order valence-corrected chi connectivity index (χ1v) is 12.2. The molecule has 2 aromatic carbocycles. The molecule has 0 atom stereocenters. The summed E-state index contributed by atoms with van der Waals surface area (Å²) in [7, 11) is 0. The number of carbonyl (C=O) groups excluding carboxylic acids is 1. The third-order valence-corrected chi connectivity index (χ3v) is 6.98. The average Bonchev–Trinajstić information content (AvgIpc) is 3.38. The van der Waals surface area contributed by atoms with Crippen LogP contribution in [0.25, 0.3) is 16.7 Å². The molecule has 0 spiro atoms. The van der Waals surface area contributed by atoms with Crippen molar-refractivity contribution in [3.8, 4) is 5.69 Å². The molecule has 3 heterocycles. The van der Waals surface area contributed by atoms with Gasteiger partial charge in [0.25, 0.3) is 5.91 Å². The molecule has 0 radical (unpaired) electrons. The van der Waals surface area contributed by atoms with Gasteiger partial charge in [0.1, 0.15) is 5.56 Å². The van der Waals surface area contributed by atoms with Crippen LogP contribution in [0.1, 0.15) is 27.9 Å². The van der Waals surface area contributed by atoms with Crippen molar-refractivity contribution in [1.29, 1.82) is 0 Å². The molecule has 6 rings (SSSR count). The number of aryl methyl sites for hydroxylation is 2. The fraction of sp³-hybridized carbons (Fsp3) is 0.259. The molecule has 1 saturated heterocycles. The Hall–Kier alpha value is -4.24. The maximum absolute atomic E-state index is 13.0. The van der Waals surface area contributed by atoms with Gasteiger partial charge in [-0.1, -0.05) is 18.2 Å². The highest BCUT2D eigenvalue weighted by Crippen LogP contribution is 2.29. The van der Waals surface area contributed by atoms with E-state index in [-0.39, 0.29) is 10.9 Å². The second kappa shape index (κ2) is 9.09. The van der Waals surface area contributed by atoms with Gasteiger partial charge in [-0.3, -0.25) is 9.59 Å². The molecular weight excluding hydrogens is 454 g/mol. The minimum Gasteiger partial charge on any atom is -0.367 e. The van der Waals surface area contributed by atoms with Crippen LogP contribution in [0.3, 0.4) is 0 Å². The number of piperazine rings is 1. The number of amides is 1. The minimum atomic E-state index is -0.774. The summed E-state index contributed by atoms with van der Waals surface area (Å²) < 4.78 is 1.77. The predicted octanol–water partition coefficient (Wildman–Crippen LogP) is 2.52. The summed E-state index contributed by atoms with van der Waals surface area (Å²) >= 11 is 0. The SMILES string of the molecule is NC(=O)c1cn(-c2ccc3c(c2)CCC3)c2nc(Nc3ccccc3N3CCNCC3)ncc2c1=O. The molecule has 1 fully saturated rings. The topological polar surface area (TPSA) is 118 Å². The van der Waals surface area contributed by atoms with Crippen LogP contribution in [0.4, 0.5) is 17.3 Å². The summed E-state index contributed by atoms with van der Waals surface area (Å²) in [5.74, 6) is -0.407. The van der Waals surface area contributed by atoms with E-state index in [1.807, 2.05) is 24.3 Å². The monoisotopic (exact) mass is 481 g/mol. The number of rotatable bonds is 5. The first-order valence-electron chi connectivity index (χ1n) is 12.2. The summed E-state index contributed by atoms with van der Waals surface area (Å²) in [6.07, 6.45) is 6.16. The van der Waals surface area contributed by atoms with E-state index >= 15 is 0 Å². The molecule has 2 aliphatic rings. The Bertz CT molecular complexity index is 1540. The number of carbonyl (C=O) groups is 1. The molecule has 4 N–H and O–H groups in total. The molecule has 4 aromatic rings. The summed E-state index contributed by atoms with van der Waals surface area (Å²) in [5, 5.41) is 6.97. The van der Waals surface area contributed by atoms with Crippen LogP contribution >= 0.6 is 0 Å². The largest absolute Gasteiger partial charge is 0.367 e. The number of aromatic nitrogens is 3. The maximum atomic E-state index is 13.0. The highest BCUT2D eigenvalue weighted by Gasteiger charge is 2.19. The third-order valence-electron chi connectivity index (χ3n) is 6.98. The molecule has 1 aliphatic heterocycles. The van der Waals surface area contributed by atoms with Gasteiger partial charge in [-0.15, -0.1) is 0 Å². The number of benzene rings is 2. The Balaban J connectivity index is 1.47. The van der Waals surface area contributed by atoms with Crippen LogP contribution in [-0.2, 0) is 12.8 Å². The van der Waals surface area contributed by atoms with Gasteiger partial charge in [0.15, 0.2) is 5.65 Å². The van der Waals surface area contributed by atoms with Gasteiger partial charge >= 0.3 is 0 Å². The Morgan fingerprint density at radius 1 is 1.06 bits per heavy atom. The van der Waals surface area contributed by atoms with E-state index in [0.717, 1.165) is 62.5 Å². The van der Waals surface area contributed by atoms with Crippen LogP contribution in [0.2, 0.25) is 0 Å². The van der Waals surface area contributed by atoms with Crippen LogP contribution in [0.5, 0.6) is 0 Å². The van der Waals surface area contributed by atoms with Crippen molar-refractivity contribution >= 4 is 34.3 Å². The Labute approximate surface area is 208 Å². The molecule has 36 heavy (non-hydrogen) atoms. The molecule has 2 aromatic heterocycles. The fourth-order valence-electron chi connectivity index (χ4n) is 5.13. The summed E-state index contributed by atoms with van der Waals surface area (Å²) in [6.45, 7) is 3.67. The first kappa shape index (κ1) is 22.2. The van der Waals surface area contributed by atoms with Crippen molar-refractivity contribution < 1.29 is 4.79 Å². The predicted molar refractivity (Wildman–Crippen MR) is 140 cm³/mol. The Kier molecular flexibility index (Phi) is 5.61. The van der Waals surface area contributed by atoms with Crippen LogP contribution in [0, 0.1) is 0 Å². The lowest BCUT2D eigenvalue weighted by Crippen LogP contribution is -2.43. The van der Waals surface area contributed by atoms with E-state index in [4.69, 9.17) is 10.7 Å². The zero-order valence-electron chi connectivity index (χ0n) is 19.8. The van der Waals surface area contributed by atoms with E-state index < -0.39 is 11.3 Å². The van der Waals surface area contributed by atoms with Crippen LogP contribution in [-0.4, -0.2) is 46.6 Å². The third kappa shape index (κ3) is 3.97.